The van der Waals surface area contributed by atoms with Gasteiger partial charge in [0.1, 0.15) is 6.04 Å². The lowest BCUT2D eigenvalue weighted by Crippen LogP contribution is -2.54. The number of aliphatic hydroxyl groups excluding tert-OH is 1. The fourth-order valence-electron chi connectivity index (χ4n) is 5.50. The van der Waals surface area contributed by atoms with Crippen molar-refractivity contribution in [2.75, 3.05) is 13.2 Å². The van der Waals surface area contributed by atoms with Crippen molar-refractivity contribution in [3.63, 3.8) is 0 Å². The van der Waals surface area contributed by atoms with Crippen LogP contribution in [-0.2, 0) is 25.5 Å². The number of allylic oxidation sites excluding steroid dienone is 1. The van der Waals surface area contributed by atoms with Crippen LogP contribution in [0.4, 0.5) is 0 Å². The molecule has 1 heterocycles. The van der Waals surface area contributed by atoms with Crippen LogP contribution in [0, 0.1) is 23.7 Å². The molecule has 1 aromatic rings. The first-order valence-electron chi connectivity index (χ1n) is 12.5. The van der Waals surface area contributed by atoms with Gasteiger partial charge in [-0.1, -0.05) is 62.8 Å². The average Bonchev–Trinajstić information content (AvgIpc) is 3.10. The van der Waals surface area contributed by atoms with Crippen LogP contribution in [-0.4, -0.2) is 59.1 Å². The topological polar surface area (TPSA) is 95.9 Å². The van der Waals surface area contributed by atoms with Gasteiger partial charge in [-0.15, -0.1) is 0 Å². The molecule has 1 aliphatic heterocycles. The van der Waals surface area contributed by atoms with E-state index in [0.717, 1.165) is 18.4 Å². The van der Waals surface area contributed by atoms with Crippen molar-refractivity contribution in [1.82, 2.24) is 10.2 Å². The Morgan fingerprint density at radius 1 is 1.18 bits per heavy atom. The summed E-state index contributed by atoms with van der Waals surface area (Å²) < 4.78 is 5.32. The van der Waals surface area contributed by atoms with E-state index in [1.54, 1.807) is 11.8 Å². The molecule has 7 nitrogen and oxygen atoms in total. The summed E-state index contributed by atoms with van der Waals surface area (Å²) in [6.07, 6.45) is 6.00. The van der Waals surface area contributed by atoms with Crippen LogP contribution in [0.25, 0.3) is 0 Å². The Kier molecular flexibility index (Phi) is 8.89. The van der Waals surface area contributed by atoms with Crippen molar-refractivity contribution in [2.24, 2.45) is 23.7 Å². The molecule has 2 aliphatic rings. The molecule has 0 spiro atoms. The molecule has 0 radical (unpaired) electrons. The number of esters is 1. The molecule has 0 saturated carbocycles. The highest BCUT2D eigenvalue weighted by Crippen LogP contribution is 2.45. The van der Waals surface area contributed by atoms with Crippen molar-refractivity contribution >= 4 is 17.8 Å². The molecule has 186 valence electrons. The smallest absolute Gasteiger partial charge is 0.310 e. The van der Waals surface area contributed by atoms with Gasteiger partial charge in [0.05, 0.1) is 31.1 Å². The number of ether oxygens (including phenoxy) is 1. The van der Waals surface area contributed by atoms with Gasteiger partial charge >= 0.3 is 5.97 Å². The molecule has 0 bridgehead atoms. The third-order valence-electron chi connectivity index (χ3n) is 7.06. The molecular formula is C27H38N2O5. The Labute approximate surface area is 202 Å². The molecule has 34 heavy (non-hydrogen) atoms. The van der Waals surface area contributed by atoms with Crippen LogP contribution in [0.3, 0.4) is 0 Å². The zero-order chi connectivity index (χ0) is 24.8. The Hall–Kier alpha value is -2.67. The zero-order valence-corrected chi connectivity index (χ0v) is 20.6. The predicted molar refractivity (Wildman–Crippen MR) is 130 cm³/mol. The largest absolute Gasteiger partial charge is 0.466 e. The van der Waals surface area contributed by atoms with E-state index >= 15 is 0 Å². The van der Waals surface area contributed by atoms with E-state index in [-0.39, 0.29) is 37.0 Å². The van der Waals surface area contributed by atoms with Gasteiger partial charge < -0.3 is 20.1 Å². The first-order chi connectivity index (χ1) is 16.3. The second kappa shape index (κ2) is 11.6. The SMILES string of the molecule is CCCC(C)NC(=O)[C@@H]1[C@H]2C=C[C@@H](C)[C@@H](C(=O)OCC)[C@H]2C(=O)N1[C@@H](CO)Cc1ccccc1. The van der Waals surface area contributed by atoms with E-state index in [0.29, 0.717) is 6.42 Å². The number of fused-ring (bicyclic) bond motifs is 1. The number of rotatable bonds is 10. The van der Waals surface area contributed by atoms with Gasteiger partial charge in [0, 0.05) is 12.0 Å². The number of amides is 2. The van der Waals surface area contributed by atoms with Gasteiger partial charge in [-0.05, 0) is 38.2 Å². The fraction of sp³-hybridized carbons (Fsp3) is 0.593. The minimum Gasteiger partial charge on any atom is -0.466 e. The van der Waals surface area contributed by atoms with E-state index in [4.69, 9.17) is 4.74 Å². The number of nitrogens with zero attached hydrogens (tertiary/aromatic N) is 1. The first-order valence-corrected chi connectivity index (χ1v) is 12.5. The highest BCUT2D eigenvalue weighted by Gasteiger charge is 2.58. The van der Waals surface area contributed by atoms with Gasteiger partial charge in [-0.25, -0.2) is 0 Å². The third kappa shape index (κ3) is 5.35. The number of hydrogen-bond donors (Lipinski definition) is 2. The summed E-state index contributed by atoms with van der Waals surface area (Å²) in [4.78, 5) is 41.9. The maximum absolute atomic E-state index is 13.9. The number of hydrogen-bond acceptors (Lipinski definition) is 5. The van der Waals surface area contributed by atoms with Crippen molar-refractivity contribution in [3.8, 4) is 0 Å². The maximum Gasteiger partial charge on any atom is 0.310 e. The summed E-state index contributed by atoms with van der Waals surface area (Å²) in [6.45, 7) is 7.60. The highest BCUT2D eigenvalue weighted by atomic mass is 16.5. The summed E-state index contributed by atoms with van der Waals surface area (Å²) in [7, 11) is 0. The van der Waals surface area contributed by atoms with Crippen LogP contribution in [0.2, 0.25) is 0 Å². The molecule has 1 aromatic carbocycles. The van der Waals surface area contributed by atoms with Gasteiger partial charge in [-0.2, -0.15) is 0 Å². The number of benzene rings is 1. The number of carbonyl (C=O) groups excluding carboxylic acids is 3. The Morgan fingerprint density at radius 2 is 1.88 bits per heavy atom. The Morgan fingerprint density at radius 3 is 2.50 bits per heavy atom. The molecule has 2 amide bonds. The van der Waals surface area contributed by atoms with E-state index in [1.165, 1.54) is 0 Å². The van der Waals surface area contributed by atoms with Crippen LogP contribution in [0.15, 0.2) is 42.5 Å². The molecule has 7 heteroatoms. The summed E-state index contributed by atoms with van der Waals surface area (Å²) in [6, 6.07) is 8.20. The quantitative estimate of drug-likeness (QED) is 0.405. The lowest BCUT2D eigenvalue weighted by Gasteiger charge is -2.34. The van der Waals surface area contributed by atoms with Crippen molar-refractivity contribution in [3.05, 3.63) is 48.0 Å². The second-order valence-corrected chi connectivity index (χ2v) is 9.54. The van der Waals surface area contributed by atoms with E-state index < -0.39 is 35.8 Å². The molecule has 0 aromatic heterocycles. The number of likely N-dealkylation sites (tertiary alicyclic amines) is 1. The summed E-state index contributed by atoms with van der Waals surface area (Å²) in [5.74, 6) is -2.92. The summed E-state index contributed by atoms with van der Waals surface area (Å²) >= 11 is 0. The maximum atomic E-state index is 13.9. The van der Waals surface area contributed by atoms with Crippen LogP contribution in [0.1, 0.15) is 46.1 Å². The number of nitrogens with one attached hydrogen (secondary N) is 1. The van der Waals surface area contributed by atoms with Gasteiger partial charge in [-0.3, -0.25) is 14.4 Å². The minimum absolute atomic E-state index is 0.0393. The van der Waals surface area contributed by atoms with E-state index in [1.807, 2.05) is 56.3 Å². The molecule has 1 aliphatic carbocycles. The highest BCUT2D eigenvalue weighted by molar-refractivity contribution is 5.96. The summed E-state index contributed by atoms with van der Waals surface area (Å²) in [5.41, 5.74) is 0.966. The van der Waals surface area contributed by atoms with Crippen molar-refractivity contribution in [1.29, 1.82) is 0 Å². The fourth-order valence-corrected chi connectivity index (χ4v) is 5.50. The van der Waals surface area contributed by atoms with Gasteiger partial charge in [0.15, 0.2) is 0 Å². The molecule has 1 unspecified atom stereocenters. The average molecular weight is 471 g/mol. The standard InChI is InChI=1S/C27H38N2O5/c1-5-10-18(4)28-25(31)24-21-14-13-17(3)22(27(33)34-6-2)23(21)26(32)29(24)20(16-30)15-19-11-8-7-9-12-19/h7-9,11-14,17-18,20-24,30H,5-6,10,15-16H2,1-4H3,(H,28,31)/t17-,18?,20-,21+,22-,23+,24+/m1/s1. The van der Waals surface area contributed by atoms with Crippen LogP contribution >= 0.6 is 0 Å². The van der Waals surface area contributed by atoms with Crippen LogP contribution in [0.5, 0.6) is 0 Å². The molecule has 1 saturated heterocycles. The zero-order valence-electron chi connectivity index (χ0n) is 20.6. The number of carbonyl (C=O) groups is 3. The minimum atomic E-state index is -0.793. The van der Waals surface area contributed by atoms with Crippen molar-refractivity contribution < 1.29 is 24.2 Å². The second-order valence-electron chi connectivity index (χ2n) is 9.54. The molecule has 1 fully saturated rings. The predicted octanol–water partition coefficient (Wildman–Crippen LogP) is 2.72. The summed E-state index contributed by atoms with van der Waals surface area (Å²) in [5, 5.41) is 13.4. The Balaban J connectivity index is 2.00. The normalized spacial score (nSPS) is 27.7. The van der Waals surface area contributed by atoms with Crippen LogP contribution < -0.4 is 5.32 Å². The first kappa shape index (κ1) is 25.9. The molecule has 3 rings (SSSR count). The molecule has 2 N–H and O–H groups in total. The lowest BCUT2D eigenvalue weighted by molar-refractivity contribution is -0.155. The van der Waals surface area contributed by atoms with E-state index in [2.05, 4.69) is 12.2 Å². The monoisotopic (exact) mass is 470 g/mol. The van der Waals surface area contributed by atoms with Gasteiger partial charge in [0.2, 0.25) is 11.8 Å². The number of aliphatic hydroxyl groups is 1. The molecular weight excluding hydrogens is 432 g/mol. The Bertz CT molecular complexity index is 886. The third-order valence-corrected chi connectivity index (χ3v) is 7.06. The van der Waals surface area contributed by atoms with Gasteiger partial charge in [0.25, 0.3) is 0 Å². The van der Waals surface area contributed by atoms with Crippen molar-refractivity contribution in [2.45, 2.75) is 65.1 Å². The molecule has 7 atom stereocenters. The lowest BCUT2D eigenvalue weighted by atomic mass is 9.70. The van der Waals surface area contributed by atoms with E-state index in [9.17, 15) is 19.5 Å².